The van der Waals surface area contributed by atoms with Crippen molar-refractivity contribution in [1.29, 1.82) is 0 Å². The van der Waals surface area contributed by atoms with Gasteiger partial charge >= 0.3 is 0 Å². The summed E-state index contributed by atoms with van der Waals surface area (Å²) in [4.78, 5) is 19.9. The highest BCUT2D eigenvalue weighted by Gasteiger charge is 2.44. The topological polar surface area (TPSA) is 72.7 Å². The van der Waals surface area contributed by atoms with Gasteiger partial charge < -0.3 is 5.32 Å². The number of carbonyl (C=O) groups is 1. The number of pyridine rings is 2. The van der Waals surface area contributed by atoms with Crippen LogP contribution in [0.25, 0.3) is 22.5 Å². The SMILES string of the molecule is CC(=O)Nc1cc(-c2c(-c3ccc(F)cn3)nn3c2CC[C@@H]2C[C@@H]23)ccn1. The number of rotatable bonds is 3. The summed E-state index contributed by atoms with van der Waals surface area (Å²) in [5, 5.41) is 7.59. The lowest BCUT2D eigenvalue weighted by Gasteiger charge is -2.14. The van der Waals surface area contributed by atoms with Gasteiger partial charge in [0.2, 0.25) is 5.91 Å². The maximum Gasteiger partial charge on any atom is 0.222 e. The lowest BCUT2D eigenvalue weighted by atomic mass is 9.97. The molecule has 0 radical (unpaired) electrons. The van der Waals surface area contributed by atoms with E-state index < -0.39 is 0 Å². The average Bonchev–Trinajstić information content (AvgIpc) is 3.34. The molecule has 0 bridgehead atoms. The summed E-state index contributed by atoms with van der Waals surface area (Å²) in [5.41, 5.74) is 4.49. The fraction of sp³-hybridized carbons (Fsp3) is 0.300. The molecule has 0 unspecified atom stereocenters. The van der Waals surface area contributed by atoms with E-state index in [1.54, 1.807) is 12.3 Å². The molecule has 2 atom stereocenters. The Morgan fingerprint density at radius 2 is 2.19 bits per heavy atom. The Balaban J connectivity index is 1.68. The van der Waals surface area contributed by atoms with Crippen LogP contribution in [-0.4, -0.2) is 25.7 Å². The Bertz CT molecular complexity index is 1040. The summed E-state index contributed by atoms with van der Waals surface area (Å²) in [6.45, 7) is 1.46. The second-order valence-corrected chi connectivity index (χ2v) is 7.19. The summed E-state index contributed by atoms with van der Waals surface area (Å²) in [6.07, 6.45) is 6.16. The summed E-state index contributed by atoms with van der Waals surface area (Å²) < 4.78 is 15.5. The second kappa shape index (κ2) is 5.97. The Morgan fingerprint density at radius 3 is 2.96 bits per heavy atom. The van der Waals surface area contributed by atoms with E-state index >= 15 is 0 Å². The van der Waals surface area contributed by atoms with E-state index in [4.69, 9.17) is 5.10 Å². The number of amides is 1. The van der Waals surface area contributed by atoms with Crippen molar-refractivity contribution >= 4 is 11.7 Å². The fourth-order valence-electron chi connectivity index (χ4n) is 3.98. The number of fused-ring (bicyclic) bond motifs is 3. The summed E-state index contributed by atoms with van der Waals surface area (Å²) >= 11 is 0. The molecule has 7 heteroatoms. The molecule has 1 amide bonds. The Kier molecular flexibility index (Phi) is 3.56. The summed E-state index contributed by atoms with van der Waals surface area (Å²) in [7, 11) is 0. The van der Waals surface area contributed by atoms with Gasteiger partial charge in [-0.3, -0.25) is 14.5 Å². The van der Waals surface area contributed by atoms with Crippen molar-refractivity contribution < 1.29 is 9.18 Å². The zero-order valence-electron chi connectivity index (χ0n) is 14.8. The molecular formula is C20H18FN5O. The van der Waals surface area contributed by atoms with Gasteiger partial charge in [0.15, 0.2) is 0 Å². The predicted octanol–water partition coefficient (Wildman–Crippen LogP) is 3.61. The van der Waals surface area contributed by atoms with Crippen LogP contribution in [0.3, 0.4) is 0 Å². The third-order valence-electron chi connectivity index (χ3n) is 5.28. The fourth-order valence-corrected chi connectivity index (χ4v) is 3.98. The van der Waals surface area contributed by atoms with E-state index in [1.807, 2.05) is 12.1 Å². The molecule has 3 aromatic rings. The van der Waals surface area contributed by atoms with Crippen molar-refractivity contribution in [2.75, 3.05) is 5.32 Å². The zero-order valence-corrected chi connectivity index (χ0v) is 14.8. The minimum atomic E-state index is -0.372. The monoisotopic (exact) mass is 363 g/mol. The van der Waals surface area contributed by atoms with Gasteiger partial charge in [-0.2, -0.15) is 5.10 Å². The molecule has 27 heavy (non-hydrogen) atoms. The number of nitrogens with one attached hydrogen (secondary N) is 1. The minimum Gasteiger partial charge on any atom is -0.311 e. The number of anilines is 1. The molecule has 6 nitrogen and oxygen atoms in total. The van der Waals surface area contributed by atoms with Crippen molar-refractivity contribution in [3.63, 3.8) is 0 Å². The molecule has 1 fully saturated rings. The van der Waals surface area contributed by atoms with Crippen molar-refractivity contribution in [2.24, 2.45) is 5.92 Å². The lowest BCUT2D eigenvalue weighted by Crippen LogP contribution is -2.10. The normalized spacial score (nSPS) is 19.9. The number of nitrogens with zero attached hydrogens (tertiary/aromatic N) is 4. The zero-order chi connectivity index (χ0) is 18.5. The number of hydrogen-bond acceptors (Lipinski definition) is 4. The van der Waals surface area contributed by atoms with Crippen LogP contribution in [0.1, 0.15) is 31.5 Å². The Labute approximate surface area is 155 Å². The van der Waals surface area contributed by atoms with E-state index in [0.29, 0.717) is 23.5 Å². The number of aromatic nitrogens is 4. The molecule has 1 aliphatic carbocycles. The maximum absolute atomic E-state index is 13.4. The van der Waals surface area contributed by atoms with E-state index in [2.05, 4.69) is 20.0 Å². The Hall–Kier alpha value is -3.09. The number of hydrogen-bond donors (Lipinski definition) is 1. The molecule has 2 aliphatic rings. The first-order chi connectivity index (χ1) is 13.1. The van der Waals surface area contributed by atoms with Gasteiger partial charge in [-0.25, -0.2) is 9.37 Å². The van der Waals surface area contributed by atoms with Crippen molar-refractivity contribution in [1.82, 2.24) is 19.7 Å². The quantitative estimate of drug-likeness (QED) is 0.771. The van der Waals surface area contributed by atoms with Gasteiger partial charge in [0.05, 0.1) is 17.9 Å². The first-order valence-electron chi connectivity index (χ1n) is 9.07. The highest BCUT2D eigenvalue weighted by molar-refractivity contribution is 5.89. The molecule has 1 aliphatic heterocycles. The first kappa shape index (κ1) is 16.1. The molecular weight excluding hydrogens is 345 g/mol. The molecule has 1 saturated carbocycles. The molecule has 0 aromatic carbocycles. The molecule has 5 rings (SSSR count). The van der Waals surface area contributed by atoms with Crippen LogP contribution in [0.2, 0.25) is 0 Å². The molecule has 136 valence electrons. The van der Waals surface area contributed by atoms with Crippen molar-refractivity contribution in [2.45, 2.75) is 32.2 Å². The summed E-state index contributed by atoms with van der Waals surface area (Å²) in [5.74, 6) is 0.672. The first-order valence-corrected chi connectivity index (χ1v) is 9.07. The number of carbonyl (C=O) groups excluding carboxylic acids is 1. The van der Waals surface area contributed by atoms with Gasteiger partial charge in [0, 0.05) is 24.4 Å². The van der Waals surface area contributed by atoms with Crippen LogP contribution in [-0.2, 0) is 11.2 Å². The van der Waals surface area contributed by atoms with E-state index in [9.17, 15) is 9.18 Å². The van der Waals surface area contributed by atoms with Crippen LogP contribution in [0.15, 0.2) is 36.7 Å². The Morgan fingerprint density at radius 1 is 1.30 bits per heavy atom. The lowest BCUT2D eigenvalue weighted by molar-refractivity contribution is -0.114. The molecule has 0 spiro atoms. The molecule has 1 N–H and O–H groups in total. The van der Waals surface area contributed by atoms with Crippen LogP contribution in [0.4, 0.5) is 10.2 Å². The summed E-state index contributed by atoms with van der Waals surface area (Å²) in [6, 6.07) is 7.28. The van der Waals surface area contributed by atoms with Gasteiger partial charge in [0.1, 0.15) is 17.3 Å². The third kappa shape index (κ3) is 2.79. The predicted molar refractivity (Wildman–Crippen MR) is 98.4 cm³/mol. The van der Waals surface area contributed by atoms with Crippen LogP contribution < -0.4 is 5.32 Å². The van der Waals surface area contributed by atoms with Crippen LogP contribution >= 0.6 is 0 Å². The third-order valence-corrected chi connectivity index (χ3v) is 5.28. The standard InChI is InChI=1S/C20H18FN5O/c1-11(27)24-18-9-13(6-7-22-18)19-16-5-2-12-8-17(12)26(16)25-20(19)15-4-3-14(21)10-23-15/h3-4,6-7,9-10,12,17H,2,5,8H2,1H3,(H,22,24,27)/t12-,17+/m1/s1. The average molecular weight is 363 g/mol. The maximum atomic E-state index is 13.4. The van der Waals surface area contributed by atoms with Gasteiger partial charge in [-0.1, -0.05) is 0 Å². The molecule has 3 aromatic heterocycles. The van der Waals surface area contributed by atoms with Gasteiger partial charge in [0.25, 0.3) is 0 Å². The molecule has 0 saturated heterocycles. The smallest absolute Gasteiger partial charge is 0.222 e. The van der Waals surface area contributed by atoms with E-state index in [1.165, 1.54) is 24.9 Å². The van der Waals surface area contributed by atoms with Crippen molar-refractivity contribution in [3.8, 4) is 22.5 Å². The van der Waals surface area contributed by atoms with E-state index in [0.717, 1.165) is 36.1 Å². The minimum absolute atomic E-state index is 0.169. The largest absolute Gasteiger partial charge is 0.311 e. The van der Waals surface area contributed by atoms with Crippen LogP contribution in [0, 0.1) is 11.7 Å². The van der Waals surface area contributed by atoms with Crippen molar-refractivity contribution in [3.05, 3.63) is 48.2 Å². The van der Waals surface area contributed by atoms with Gasteiger partial charge in [-0.05, 0) is 55.0 Å². The highest BCUT2D eigenvalue weighted by atomic mass is 19.1. The number of halogens is 1. The molecule has 4 heterocycles. The highest BCUT2D eigenvalue weighted by Crippen LogP contribution is 2.52. The van der Waals surface area contributed by atoms with E-state index in [-0.39, 0.29) is 11.7 Å². The van der Waals surface area contributed by atoms with Crippen LogP contribution in [0.5, 0.6) is 0 Å². The van der Waals surface area contributed by atoms with Gasteiger partial charge in [-0.15, -0.1) is 0 Å². The second-order valence-electron chi connectivity index (χ2n) is 7.19.